The SMILES string of the molecule is CC(C)(C)OC(=O)NC1=N[C@](C)(c2cccc(NC(=O)OCc3ccccc3)c2Cl)CC(=O)N1C1CCOCC1. The Bertz CT molecular complexity index is 1270. The van der Waals surface area contributed by atoms with Gasteiger partial charge in [-0.1, -0.05) is 54.1 Å². The second-order valence-electron chi connectivity index (χ2n) is 11.0. The molecule has 2 N–H and O–H groups in total. The van der Waals surface area contributed by atoms with Crippen molar-refractivity contribution < 1.29 is 28.6 Å². The van der Waals surface area contributed by atoms with Crippen LogP contribution in [0, 0.1) is 0 Å². The molecule has 1 fully saturated rings. The number of aliphatic imine (C=N–C) groups is 1. The summed E-state index contributed by atoms with van der Waals surface area (Å²) in [6.07, 6.45) is -0.158. The summed E-state index contributed by atoms with van der Waals surface area (Å²) < 4.78 is 16.2. The minimum atomic E-state index is -1.13. The van der Waals surface area contributed by atoms with Gasteiger partial charge in [0.15, 0.2) is 0 Å². The Morgan fingerprint density at radius 1 is 1.07 bits per heavy atom. The molecule has 1 atom stereocenters. The quantitative estimate of drug-likeness (QED) is 0.483. The molecule has 3 amide bonds. The molecule has 40 heavy (non-hydrogen) atoms. The zero-order valence-electron chi connectivity index (χ0n) is 23.2. The summed E-state index contributed by atoms with van der Waals surface area (Å²) in [5.74, 6) is -0.122. The minimum Gasteiger partial charge on any atom is -0.444 e. The summed E-state index contributed by atoms with van der Waals surface area (Å²) in [7, 11) is 0. The number of anilines is 1. The van der Waals surface area contributed by atoms with Gasteiger partial charge in [0.05, 0.1) is 22.7 Å². The fraction of sp³-hybridized carbons (Fsp3) is 0.448. The molecule has 0 aromatic heterocycles. The molecule has 11 heteroatoms. The number of carbonyl (C=O) groups excluding carboxylic acids is 3. The smallest absolute Gasteiger partial charge is 0.414 e. The average Bonchev–Trinajstić information content (AvgIpc) is 2.88. The second kappa shape index (κ2) is 12.3. The van der Waals surface area contributed by atoms with Crippen molar-refractivity contribution >= 4 is 41.3 Å². The van der Waals surface area contributed by atoms with Crippen molar-refractivity contribution in [3.05, 3.63) is 64.7 Å². The zero-order chi connectivity index (χ0) is 28.9. The first kappa shape index (κ1) is 29.4. The summed E-state index contributed by atoms with van der Waals surface area (Å²) in [5, 5.41) is 5.59. The first-order valence-corrected chi connectivity index (χ1v) is 13.6. The van der Waals surface area contributed by atoms with E-state index in [4.69, 9.17) is 30.8 Å². The van der Waals surface area contributed by atoms with Crippen molar-refractivity contribution in [3.8, 4) is 0 Å². The molecular formula is C29H35ClN4O6. The Morgan fingerprint density at radius 2 is 1.77 bits per heavy atom. The lowest BCUT2D eigenvalue weighted by Gasteiger charge is -2.41. The second-order valence-corrected chi connectivity index (χ2v) is 11.4. The maximum atomic E-state index is 13.6. The standard InChI is InChI=1S/C29H35ClN4O6/c1-28(2,3)40-27(37)32-25-33-29(4,17-23(35)34(25)20-13-15-38-16-14-20)21-11-8-12-22(24(21)30)31-26(36)39-18-19-9-6-5-7-10-19/h5-12,20H,13-18H2,1-4H3,(H,31,36)(H,32,33,37)/t29-/m0/s1. The normalized spacial score (nSPS) is 20.0. The highest BCUT2D eigenvalue weighted by molar-refractivity contribution is 6.34. The molecule has 4 rings (SSSR count). The van der Waals surface area contributed by atoms with Crippen LogP contribution in [0.3, 0.4) is 0 Å². The number of hydrogen-bond donors (Lipinski definition) is 2. The van der Waals surface area contributed by atoms with Crippen LogP contribution < -0.4 is 10.6 Å². The van der Waals surface area contributed by atoms with Crippen molar-refractivity contribution in [2.45, 2.75) is 70.7 Å². The lowest BCUT2D eigenvalue weighted by molar-refractivity contribution is -0.132. The average molecular weight is 571 g/mol. The van der Waals surface area contributed by atoms with E-state index in [1.54, 1.807) is 45.9 Å². The van der Waals surface area contributed by atoms with E-state index in [9.17, 15) is 14.4 Å². The molecule has 1 saturated heterocycles. The number of benzene rings is 2. The monoisotopic (exact) mass is 570 g/mol. The highest BCUT2D eigenvalue weighted by Gasteiger charge is 2.43. The molecule has 0 bridgehead atoms. The van der Waals surface area contributed by atoms with Gasteiger partial charge >= 0.3 is 12.2 Å². The van der Waals surface area contributed by atoms with Gasteiger partial charge in [0.25, 0.3) is 0 Å². The molecule has 2 aliphatic heterocycles. The summed E-state index contributed by atoms with van der Waals surface area (Å²) in [5.41, 5.74) is -0.201. The summed E-state index contributed by atoms with van der Waals surface area (Å²) >= 11 is 6.77. The molecule has 10 nitrogen and oxygen atoms in total. The Hall–Kier alpha value is -3.63. The van der Waals surface area contributed by atoms with Crippen LogP contribution in [-0.4, -0.2) is 53.8 Å². The lowest BCUT2D eigenvalue weighted by Crippen LogP contribution is -2.58. The van der Waals surface area contributed by atoms with Crippen molar-refractivity contribution in [1.82, 2.24) is 10.2 Å². The van der Waals surface area contributed by atoms with Crippen LogP contribution in [0.5, 0.6) is 0 Å². The van der Waals surface area contributed by atoms with Crippen LogP contribution in [0.1, 0.15) is 58.1 Å². The molecule has 0 spiro atoms. The minimum absolute atomic E-state index is 0.00544. The van der Waals surface area contributed by atoms with Crippen LogP contribution >= 0.6 is 11.6 Å². The topological polar surface area (TPSA) is 119 Å². The molecular weight excluding hydrogens is 536 g/mol. The number of ether oxygens (including phenoxy) is 3. The van der Waals surface area contributed by atoms with Gasteiger partial charge in [-0.2, -0.15) is 0 Å². The van der Waals surface area contributed by atoms with Crippen molar-refractivity contribution in [1.29, 1.82) is 0 Å². The van der Waals surface area contributed by atoms with Crippen molar-refractivity contribution in [3.63, 3.8) is 0 Å². The number of carbonyl (C=O) groups is 3. The number of nitrogens with one attached hydrogen (secondary N) is 2. The Morgan fingerprint density at radius 3 is 2.45 bits per heavy atom. The molecule has 2 aromatic rings. The Kier molecular flexibility index (Phi) is 9.00. The van der Waals surface area contributed by atoms with Crippen LogP contribution in [0.4, 0.5) is 15.3 Å². The molecule has 2 aliphatic rings. The van der Waals surface area contributed by atoms with Gasteiger partial charge < -0.3 is 14.2 Å². The van der Waals surface area contributed by atoms with Crippen LogP contribution in [0.2, 0.25) is 5.02 Å². The highest BCUT2D eigenvalue weighted by Crippen LogP contribution is 2.41. The van der Waals surface area contributed by atoms with Crippen LogP contribution in [0.25, 0.3) is 0 Å². The van der Waals surface area contributed by atoms with Crippen LogP contribution in [0.15, 0.2) is 53.5 Å². The third kappa shape index (κ3) is 7.31. The van der Waals surface area contributed by atoms with Gasteiger partial charge in [0.2, 0.25) is 11.9 Å². The van der Waals surface area contributed by atoms with E-state index in [-0.39, 0.29) is 36.0 Å². The summed E-state index contributed by atoms with van der Waals surface area (Å²) in [6, 6.07) is 14.2. The van der Waals surface area contributed by atoms with E-state index in [0.717, 1.165) is 5.56 Å². The van der Waals surface area contributed by atoms with Gasteiger partial charge in [-0.3, -0.25) is 20.3 Å². The van der Waals surface area contributed by atoms with Gasteiger partial charge in [-0.25, -0.2) is 14.6 Å². The maximum Gasteiger partial charge on any atom is 0.414 e. The summed E-state index contributed by atoms with van der Waals surface area (Å²) in [6.45, 7) is 8.14. The van der Waals surface area contributed by atoms with E-state index >= 15 is 0 Å². The number of alkyl carbamates (subject to hydrolysis) is 1. The van der Waals surface area contributed by atoms with Gasteiger partial charge in [-0.05, 0) is 52.2 Å². The van der Waals surface area contributed by atoms with E-state index in [1.165, 1.54) is 4.90 Å². The van der Waals surface area contributed by atoms with Crippen molar-refractivity contribution in [2.24, 2.45) is 4.99 Å². The molecule has 0 saturated carbocycles. The number of hydrogen-bond acceptors (Lipinski definition) is 7. The van der Waals surface area contributed by atoms with Crippen LogP contribution in [-0.2, 0) is 31.2 Å². The number of rotatable bonds is 5. The lowest BCUT2D eigenvalue weighted by atomic mass is 9.86. The number of nitrogens with zero attached hydrogens (tertiary/aromatic N) is 2. The number of amides is 3. The fourth-order valence-electron chi connectivity index (χ4n) is 4.70. The predicted molar refractivity (Wildman–Crippen MR) is 151 cm³/mol. The number of guanidine groups is 1. The molecule has 0 radical (unpaired) electrons. The maximum absolute atomic E-state index is 13.6. The summed E-state index contributed by atoms with van der Waals surface area (Å²) in [4.78, 5) is 45.3. The van der Waals surface area contributed by atoms with E-state index in [0.29, 0.717) is 37.3 Å². The third-order valence-electron chi connectivity index (χ3n) is 6.54. The van der Waals surface area contributed by atoms with Gasteiger partial charge in [-0.15, -0.1) is 0 Å². The first-order valence-electron chi connectivity index (χ1n) is 13.2. The zero-order valence-corrected chi connectivity index (χ0v) is 23.9. The molecule has 0 unspecified atom stereocenters. The van der Waals surface area contributed by atoms with E-state index < -0.39 is 23.3 Å². The predicted octanol–water partition coefficient (Wildman–Crippen LogP) is 5.60. The van der Waals surface area contributed by atoms with Gasteiger partial charge in [0, 0.05) is 24.8 Å². The largest absolute Gasteiger partial charge is 0.444 e. The molecule has 2 aromatic carbocycles. The number of halogens is 1. The third-order valence-corrected chi connectivity index (χ3v) is 6.95. The first-order chi connectivity index (χ1) is 18.9. The molecule has 0 aliphatic carbocycles. The van der Waals surface area contributed by atoms with Gasteiger partial charge in [0.1, 0.15) is 12.2 Å². The van der Waals surface area contributed by atoms with E-state index in [1.807, 2.05) is 30.3 Å². The Balaban J connectivity index is 1.60. The van der Waals surface area contributed by atoms with E-state index in [2.05, 4.69) is 10.6 Å². The fourth-order valence-corrected chi connectivity index (χ4v) is 5.07. The molecule has 2 heterocycles. The Labute approximate surface area is 239 Å². The molecule has 214 valence electrons. The highest BCUT2D eigenvalue weighted by atomic mass is 35.5. The van der Waals surface area contributed by atoms with Crippen molar-refractivity contribution in [2.75, 3.05) is 18.5 Å².